The SMILES string of the molecule is C/C(=C\c1ccc(C(=C2CCOCC2)c2ccc(O)cc2)cc1)C(=O)O. The molecule has 1 saturated heterocycles. The normalized spacial score (nSPS) is 15.0. The Hall–Kier alpha value is -2.85. The van der Waals surface area contributed by atoms with Crippen LogP contribution in [-0.4, -0.2) is 29.4 Å². The summed E-state index contributed by atoms with van der Waals surface area (Å²) in [6.07, 6.45) is 3.43. The minimum absolute atomic E-state index is 0.245. The molecule has 0 unspecified atom stereocenters. The van der Waals surface area contributed by atoms with Crippen molar-refractivity contribution in [1.82, 2.24) is 0 Å². The molecule has 2 N–H and O–H groups in total. The van der Waals surface area contributed by atoms with Crippen LogP contribution >= 0.6 is 0 Å². The van der Waals surface area contributed by atoms with Crippen LogP contribution in [0.5, 0.6) is 5.75 Å². The summed E-state index contributed by atoms with van der Waals surface area (Å²) in [4.78, 5) is 11.0. The van der Waals surface area contributed by atoms with Gasteiger partial charge in [-0.25, -0.2) is 4.79 Å². The van der Waals surface area contributed by atoms with E-state index in [4.69, 9.17) is 9.84 Å². The fourth-order valence-electron chi connectivity index (χ4n) is 3.13. The Morgan fingerprint density at radius 3 is 2.04 bits per heavy atom. The molecule has 1 aliphatic heterocycles. The monoisotopic (exact) mass is 350 g/mol. The van der Waals surface area contributed by atoms with Crippen LogP contribution in [0.15, 0.2) is 59.7 Å². The van der Waals surface area contributed by atoms with Crippen LogP contribution in [0.2, 0.25) is 0 Å². The molecule has 4 nitrogen and oxygen atoms in total. The van der Waals surface area contributed by atoms with E-state index >= 15 is 0 Å². The molecule has 1 fully saturated rings. The molecular weight excluding hydrogens is 328 g/mol. The number of phenolic OH excluding ortho intramolecular Hbond substituents is 1. The molecule has 4 heteroatoms. The van der Waals surface area contributed by atoms with Gasteiger partial charge in [0.25, 0.3) is 0 Å². The van der Waals surface area contributed by atoms with E-state index < -0.39 is 5.97 Å². The second-order valence-electron chi connectivity index (χ2n) is 6.39. The smallest absolute Gasteiger partial charge is 0.331 e. The van der Waals surface area contributed by atoms with Crippen LogP contribution < -0.4 is 0 Å². The molecule has 1 aliphatic rings. The summed E-state index contributed by atoms with van der Waals surface area (Å²) in [5.74, 6) is -0.669. The zero-order valence-corrected chi connectivity index (χ0v) is 14.7. The van der Waals surface area contributed by atoms with Crippen LogP contribution in [0.3, 0.4) is 0 Å². The molecule has 0 amide bonds. The molecule has 3 rings (SSSR count). The van der Waals surface area contributed by atoms with Gasteiger partial charge in [0.15, 0.2) is 0 Å². The highest BCUT2D eigenvalue weighted by atomic mass is 16.5. The van der Waals surface area contributed by atoms with Crippen molar-refractivity contribution in [2.75, 3.05) is 13.2 Å². The first-order valence-electron chi connectivity index (χ1n) is 8.66. The highest BCUT2D eigenvalue weighted by Gasteiger charge is 2.15. The molecule has 26 heavy (non-hydrogen) atoms. The first-order valence-corrected chi connectivity index (χ1v) is 8.66. The van der Waals surface area contributed by atoms with E-state index in [9.17, 15) is 9.90 Å². The lowest BCUT2D eigenvalue weighted by molar-refractivity contribution is -0.132. The maximum atomic E-state index is 11.0. The number of carboxylic acids is 1. The minimum atomic E-state index is -0.914. The Morgan fingerprint density at radius 2 is 1.50 bits per heavy atom. The molecule has 2 aromatic rings. The second kappa shape index (κ2) is 8.02. The number of hydrogen-bond acceptors (Lipinski definition) is 3. The van der Waals surface area contributed by atoms with Gasteiger partial charge in [0, 0.05) is 5.57 Å². The van der Waals surface area contributed by atoms with Crippen molar-refractivity contribution in [2.24, 2.45) is 0 Å². The predicted octanol–water partition coefficient (Wildman–Crippen LogP) is 4.49. The zero-order chi connectivity index (χ0) is 18.5. The first kappa shape index (κ1) is 18.0. The van der Waals surface area contributed by atoms with Crippen molar-refractivity contribution in [3.8, 4) is 5.75 Å². The molecule has 1 heterocycles. The zero-order valence-electron chi connectivity index (χ0n) is 14.7. The Labute approximate surface area is 153 Å². The number of phenols is 1. The first-order chi connectivity index (χ1) is 12.5. The van der Waals surface area contributed by atoms with Crippen molar-refractivity contribution < 1.29 is 19.7 Å². The van der Waals surface area contributed by atoms with Crippen molar-refractivity contribution >= 4 is 17.6 Å². The molecule has 0 atom stereocenters. The van der Waals surface area contributed by atoms with Gasteiger partial charge < -0.3 is 14.9 Å². The Balaban J connectivity index is 2.01. The van der Waals surface area contributed by atoms with Gasteiger partial charge in [-0.05, 0) is 60.2 Å². The Bertz CT molecular complexity index is 835. The number of rotatable bonds is 4. The third-order valence-corrected chi connectivity index (χ3v) is 4.53. The van der Waals surface area contributed by atoms with E-state index in [0.717, 1.165) is 42.7 Å². The summed E-state index contributed by atoms with van der Waals surface area (Å²) in [6.45, 7) is 3.02. The minimum Gasteiger partial charge on any atom is -0.508 e. The summed E-state index contributed by atoms with van der Waals surface area (Å²) in [7, 11) is 0. The summed E-state index contributed by atoms with van der Waals surface area (Å²) in [6, 6.07) is 15.2. The topological polar surface area (TPSA) is 66.8 Å². The Morgan fingerprint density at radius 1 is 0.962 bits per heavy atom. The van der Waals surface area contributed by atoms with Gasteiger partial charge >= 0.3 is 5.97 Å². The molecule has 0 aliphatic carbocycles. The number of carbonyl (C=O) groups is 1. The number of ether oxygens (including phenoxy) is 1. The third-order valence-electron chi connectivity index (χ3n) is 4.53. The van der Waals surface area contributed by atoms with Gasteiger partial charge in [-0.15, -0.1) is 0 Å². The summed E-state index contributed by atoms with van der Waals surface area (Å²) in [5.41, 5.74) is 5.81. The standard InChI is InChI=1S/C22H22O4/c1-15(22(24)25)14-16-2-4-17(5-3-16)21(19-10-12-26-13-11-19)18-6-8-20(23)9-7-18/h2-9,14,23H,10-13H2,1H3,(H,24,25)/b15-14+. The highest BCUT2D eigenvalue weighted by Crippen LogP contribution is 2.33. The van der Waals surface area contributed by atoms with Gasteiger partial charge in [0.1, 0.15) is 5.75 Å². The average molecular weight is 350 g/mol. The quantitative estimate of drug-likeness (QED) is 0.797. The molecule has 2 aromatic carbocycles. The second-order valence-corrected chi connectivity index (χ2v) is 6.39. The number of aromatic hydroxyl groups is 1. The van der Waals surface area contributed by atoms with Crippen LogP contribution in [0.25, 0.3) is 11.6 Å². The maximum absolute atomic E-state index is 11.0. The maximum Gasteiger partial charge on any atom is 0.331 e. The van der Waals surface area contributed by atoms with E-state index in [1.54, 1.807) is 25.1 Å². The van der Waals surface area contributed by atoms with Crippen molar-refractivity contribution in [3.63, 3.8) is 0 Å². The number of benzene rings is 2. The average Bonchev–Trinajstić information content (AvgIpc) is 2.66. The highest BCUT2D eigenvalue weighted by molar-refractivity contribution is 5.91. The lowest BCUT2D eigenvalue weighted by atomic mass is 9.89. The molecule has 0 spiro atoms. The summed E-state index contributed by atoms with van der Waals surface area (Å²) in [5, 5.41) is 18.6. The molecule has 134 valence electrons. The Kier molecular flexibility index (Phi) is 5.54. The van der Waals surface area contributed by atoms with Crippen LogP contribution in [0, 0.1) is 0 Å². The van der Waals surface area contributed by atoms with Crippen molar-refractivity contribution in [3.05, 3.63) is 76.4 Å². The van der Waals surface area contributed by atoms with Gasteiger partial charge in [-0.3, -0.25) is 0 Å². The van der Waals surface area contributed by atoms with Crippen molar-refractivity contribution in [2.45, 2.75) is 19.8 Å². The van der Waals surface area contributed by atoms with Gasteiger partial charge in [0.2, 0.25) is 0 Å². The lowest BCUT2D eigenvalue weighted by Gasteiger charge is -2.21. The molecule has 0 radical (unpaired) electrons. The molecule has 0 saturated carbocycles. The number of aliphatic carboxylic acids is 1. The molecule has 0 bridgehead atoms. The van der Waals surface area contributed by atoms with E-state index in [0.29, 0.717) is 5.57 Å². The van der Waals surface area contributed by atoms with Crippen LogP contribution in [0.4, 0.5) is 0 Å². The largest absolute Gasteiger partial charge is 0.508 e. The fourth-order valence-corrected chi connectivity index (χ4v) is 3.13. The van der Waals surface area contributed by atoms with Crippen molar-refractivity contribution in [1.29, 1.82) is 0 Å². The number of carboxylic acid groups (broad SMARTS) is 1. The fraction of sp³-hybridized carbons (Fsp3) is 0.227. The molecular formula is C22H22O4. The van der Waals surface area contributed by atoms with Crippen LogP contribution in [0.1, 0.15) is 36.5 Å². The number of hydrogen-bond donors (Lipinski definition) is 2. The van der Waals surface area contributed by atoms with E-state index in [-0.39, 0.29) is 5.75 Å². The summed E-state index contributed by atoms with van der Waals surface area (Å²) >= 11 is 0. The molecule has 0 aromatic heterocycles. The van der Waals surface area contributed by atoms with E-state index in [2.05, 4.69) is 0 Å². The third kappa shape index (κ3) is 4.21. The lowest BCUT2D eigenvalue weighted by Crippen LogP contribution is -2.09. The van der Waals surface area contributed by atoms with Crippen LogP contribution in [-0.2, 0) is 9.53 Å². The van der Waals surface area contributed by atoms with E-state index in [1.807, 2.05) is 36.4 Å². The van der Waals surface area contributed by atoms with Gasteiger partial charge in [0.05, 0.1) is 13.2 Å². The predicted molar refractivity (Wildman–Crippen MR) is 102 cm³/mol. The van der Waals surface area contributed by atoms with E-state index in [1.165, 1.54) is 11.1 Å². The van der Waals surface area contributed by atoms with Gasteiger partial charge in [-0.2, -0.15) is 0 Å². The summed E-state index contributed by atoms with van der Waals surface area (Å²) < 4.78 is 5.49. The van der Waals surface area contributed by atoms with Gasteiger partial charge in [-0.1, -0.05) is 42.0 Å².